The van der Waals surface area contributed by atoms with E-state index in [2.05, 4.69) is 15.5 Å². The fourth-order valence-corrected chi connectivity index (χ4v) is 2.23. The first-order valence-electron chi connectivity index (χ1n) is 5.82. The van der Waals surface area contributed by atoms with Crippen molar-refractivity contribution in [3.63, 3.8) is 0 Å². The van der Waals surface area contributed by atoms with E-state index in [0.29, 0.717) is 10.7 Å². The molecule has 0 aliphatic carbocycles. The number of rotatable bonds is 5. The Balaban J connectivity index is 1.83. The summed E-state index contributed by atoms with van der Waals surface area (Å²) in [7, 11) is 1.56. The van der Waals surface area contributed by atoms with E-state index in [9.17, 15) is 14.0 Å². The van der Waals surface area contributed by atoms with Gasteiger partial charge in [-0.25, -0.2) is 14.3 Å². The Bertz CT molecular complexity index is 667. The van der Waals surface area contributed by atoms with Crippen LogP contribution in [0.5, 0.6) is 0 Å². The van der Waals surface area contributed by atoms with Gasteiger partial charge in [0.2, 0.25) is 5.91 Å². The summed E-state index contributed by atoms with van der Waals surface area (Å²) in [5.74, 6) is -0.504. The zero-order chi connectivity index (χ0) is 14.5. The lowest BCUT2D eigenvalue weighted by Crippen LogP contribution is -2.25. The number of hydrogen-bond donors (Lipinski definition) is 2. The highest BCUT2D eigenvalue weighted by Gasteiger charge is 2.09. The van der Waals surface area contributed by atoms with Crippen LogP contribution < -0.4 is 11.0 Å². The third kappa shape index (κ3) is 3.47. The fourth-order valence-electron chi connectivity index (χ4n) is 1.48. The van der Waals surface area contributed by atoms with Crippen LogP contribution in [0.1, 0.15) is 5.56 Å². The molecule has 1 amide bonds. The van der Waals surface area contributed by atoms with E-state index < -0.39 is 0 Å². The molecule has 0 unspecified atom stereocenters. The summed E-state index contributed by atoms with van der Waals surface area (Å²) in [6.45, 7) is 0.131. The average molecular weight is 296 g/mol. The number of H-pyrrole nitrogens is 1. The lowest BCUT2D eigenvalue weighted by atomic mass is 10.2. The Hall–Kier alpha value is -2.09. The molecule has 0 atom stereocenters. The molecule has 20 heavy (non-hydrogen) atoms. The first kappa shape index (κ1) is 14.3. The minimum absolute atomic E-state index is 0.104. The van der Waals surface area contributed by atoms with E-state index in [0.717, 1.165) is 11.8 Å². The highest BCUT2D eigenvalue weighted by Crippen LogP contribution is 2.11. The summed E-state index contributed by atoms with van der Waals surface area (Å²) >= 11 is 1.13. The van der Waals surface area contributed by atoms with E-state index in [1.165, 1.54) is 10.6 Å². The largest absolute Gasteiger partial charge is 0.351 e. The molecule has 2 rings (SSSR count). The molecule has 0 spiro atoms. The van der Waals surface area contributed by atoms with E-state index in [1.54, 1.807) is 25.2 Å². The molecule has 0 aliphatic rings. The second-order valence-electron chi connectivity index (χ2n) is 4.03. The van der Waals surface area contributed by atoms with Crippen molar-refractivity contribution in [1.29, 1.82) is 0 Å². The van der Waals surface area contributed by atoms with Gasteiger partial charge in [0.15, 0.2) is 5.16 Å². The zero-order valence-electron chi connectivity index (χ0n) is 10.7. The van der Waals surface area contributed by atoms with Gasteiger partial charge >= 0.3 is 5.69 Å². The van der Waals surface area contributed by atoms with Crippen LogP contribution in [0.4, 0.5) is 4.39 Å². The van der Waals surface area contributed by atoms with Gasteiger partial charge in [0.05, 0.1) is 5.75 Å². The number of nitrogens with one attached hydrogen (secondary N) is 2. The number of nitrogens with zero attached hydrogens (tertiary/aromatic N) is 2. The molecule has 8 heteroatoms. The van der Waals surface area contributed by atoms with Crippen LogP contribution >= 0.6 is 11.8 Å². The quantitative estimate of drug-likeness (QED) is 0.794. The number of halogens is 1. The Kier molecular flexibility index (Phi) is 4.57. The van der Waals surface area contributed by atoms with Crippen molar-refractivity contribution >= 4 is 17.7 Å². The molecule has 1 aromatic carbocycles. The van der Waals surface area contributed by atoms with Crippen molar-refractivity contribution in [2.75, 3.05) is 5.75 Å². The lowest BCUT2D eigenvalue weighted by molar-refractivity contribution is -0.118. The van der Waals surface area contributed by atoms with E-state index in [1.807, 2.05) is 0 Å². The third-order valence-corrected chi connectivity index (χ3v) is 3.63. The molecule has 0 bridgehead atoms. The lowest BCUT2D eigenvalue weighted by Gasteiger charge is -2.05. The number of amides is 1. The van der Waals surface area contributed by atoms with E-state index in [4.69, 9.17) is 0 Å². The van der Waals surface area contributed by atoms with Crippen LogP contribution in [-0.4, -0.2) is 26.4 Å². The average Bonchev–Trinajstić information content (AvgIpc) is 2.76. The molecule has 0 fully saturated rings. The molecular weight excluding hydrogens is 283 g/mol. The number of hydrogen-bond acceptors (Lipinski definition) is 4. The van der Waals surface area contributed by atoms with Crippen LogP contribution in [0.25, 0.3) is 0 Å². The van der Waals surface area contributed by atoms with Gasteiger partial charge in [0.25, 0.3) is 0 Å². The highest BCUT2D eigenvalue weighted by atomic mass is 32.2. The van der Waals surface area contributed by atoms with Gasteiger partial charge in [-0.2, -0.15) is 0 Å². The van der Waals surface area contributed by atoms with Crippen molar-refractivity contribution in [3.05, 3.63) is 46.1 Å². The second kappa shape index (κ2) is 6.38. The summed E-state index contributed by atoms with van der Waals surface area (Å²) in [5, 5.41) is 9.09. The number of carbonyl (C=O) groups excluding carboxylic acids is 1. The maximum atomic E-state index is 13.3. The molecule has 0 saturated carbocycles. The smallest absolute Gasteiger partial charge is 0.343 e. The molecule has 6 nitrogen and oxygen atoms in total. The normalized spacial score (nSPS) is 10.5. The topological polar surface area (TPSA) is 79.8 Å². The fraction of sp³-hybridized carbons (Fsp3) is 0.250. The van der Waals surface area contributed by atoms with Crippen molar-refractivity contribution in [1.82, 2.24) is 20.1 Å². The minimum atomic E-state index is -0.352. The van der Waals surface area contributed by atoms with Crippen LogP contribution in [0, 0.1) is 5.82 Å². The number of aromatic nitrogens is 3. The zero-order valence-corrected chi connectivity index (χ0v) is 11.5. The Morgan fingerprint density at radius 2 is 2.25 bits per heavy atom. The maximum absolute atomic E-state index is 13.3. The standard InChI is InChI=1S/C12H13FN4O2S/c1-17-11(19)15-16-12(17)20-7-10(18)14-6-8-4-2-3-5-9(8)13/h2-5H,6-7H2,1H3,(H,14,18)(H,15,19). The summed E-state index contributed by atoms with van der Waals surface area (Å²) < 4.78 is 14.7. The van der Waals surface area contributed by atoms with Crippen LogP contribution in [0.15, 0.2) is 34.2 Å². The van der Waals surface area contributed by atoms with Crippen LogP contribution in [0.2, 0.25) is 0 Å². The summed E-state index contributed by atoms with van der Waals surface area (Å²) in [6, 6.07) is 6.25. The second-order valence-corrected chi connectivity index (χ2v) is 4.97. The minimum Gasteiger partial charge on any atom is -0.351 e. The van der Waals surface area contributed by atoms with Gasteiger partial charge in [0, 0.05) is 19.2 Å². The maximum Gasteiger partial charge on any atom is 0.343 e. The van der Waals surface area contributed by atoms with Crippen LogP contribution in [-0.2, 0) is 18.4 Å². The number of aromatic amines is 1. The molecule has 0 saturated heterocycles. The monoisotopic (exact) mass is 296 g/mol. The highest BCUT2D eigenvalue weighted by molar-refractivity contribution is 7.99. The van der Waals surface area contributed by atoms with E-state index in [-0.39, 0.29) is 29.7 Å². The number of benzene rings is 1. The van der Waals surface area contributed by atoms with Gasteiger partial charge in [0.1, 0.15) is 5.82 Å². The predicted octanol–water partition coefficient (Wildman–Crippen LogP) is 0.656. The summed E-state index contributed by atoms with van der Waals surface area (Å²) in [5.41, 5.74) is 0.0947. The van der Waals surface area contributed by atoms with Crippen molar-refractivity contribution < 1.29 is 9.18 Å². The third-order valence-electron chi connectivity index (χ3n) is 2.60. The number of thioether (sulfide) groups is 1. The van der Waals surface area contributed by atoms with Crippen molar-refractivity contribution in [2.45, 2.75) is 11.7 Å². The molecular formula is C12H13FN4O2S. The van der Waals surface area contributed by atoms with Crippen molar-refractivity contribution in [2.24, 2.45) is 7.05 Å². The molecule has 2 N–H and O–H groups in total. The van der Waals surface area contributed by atoms with Gasteiger partial charge in [-0.15, -0.1) is 5.10 Å². The SMILES string of the molecule is Cn1c(SCC(=O)NCc2ccccc2F)n[nH]c1=O. The molecule has 0 aliphatic heterocycles. The van der Waals surface area contributed by atoms with Gasteiger partial charge in [-0.3, -0.25) is 9.36 Å². The predicted molar refractivity (Wildman–Crippen MR) is 72.8 cm³/mol. The van der Waals surface area contributed by atoms with Gasteiger partial charge in [-0.1, -0.05) is 30.0 Å². The molecule has 2 aromatic rings. The van der Waals surface area contributed by atoms with Crippen LogP contribution in [0.3, 0.4) is 0 Å². The molecule has 0 radical (unpaired) electrons. The Morgan fingerprint density at radius 1 is 1.50 bits per heavy atom. The van der Waals surface area contributed by atoms with Gasteiger partial charge < -0.3 is 5.32 Å². The first-order valence-corrected chi connectivity index (χ1v) is 6.81. The van der Waals surface area contributed by atoms with E-state index >= 15 is 0 Å². The first-order chi connectivity index (χ1) is 9.58. The Morgan fingerprint density at radius 3 is 2.90 bits per heavy atom. The number of carbonyl (C=O) groups is 1. The van der Waals surface area contributed by atoms with Gasteiger partial charge in [-0.05, 0) is 6.07 Å². The van der Waals surface area contributed by atoms with Crippen molar-refractivity contribution in [3.8, 4) is 0 Å². The molecule has 1 heterocycles. The summed E-state index contributed by atoms with van der Waals surface area (Å²) in [6.07, 6.45) is 0. The summed E-state index contributed by atoms with van der Waals surface area (Å²) in [4.78, 5) is 22.8. The molecule has 106 valence electrons. The molecule has 1 aromatic heterocycles. The Labute approximate surface area is 118 Å².